The fourth-order valence-electron chi connectivity index (χ4n) is 2.06. The Balaban J connectivity index is 2.25. The molecule has 2 rings (SSSR count). The summed E-state index contributed by atoms with van der Waals surface area (Å²) in [5, 5.41) is 4.97. The van der Waals surface area contributed by atoms with Crippen LogP contribution in [0.15, 0.2) is 16.5 Å². The van der Waals surface area contributed by atoms with E-state index in [9.17, 15) is 4.79 Å². The van der Waals surface area contributed by atoms with Gasteiger partial charge in [-0.25, -0.2) is 0 Å². The van der Waals surface area contributed by atoms with Gasteiger partial charge >= 0.3 is 0 Å². The Morgan fingerprint density at radius 3 is 2.75 bits per heavy atom. The molecule has 20 heavy (non-hydrogen) atoms. The first-order valence-corrected chi connectivity index (χ1v) is 7.04. The predicted octanol–water partition coefficient (Wildman–Crippen LogP) is 2.60. The Labute approximate surface area is 122 Å². The van der Waals surface area contributed by atoms with Crippen LogP contribution in [0.5, 0.6) is 0 Å². The number of ketones is 1. The Morgan fingerprint density at radius 1 is 1.45 bits per heavy atom. The fraction of sp³-hybridized carbons (Fsp3) is 0.429. The number of rotatable bonds is 6. The monoisotopic (exact) mass is 295 g/mol. The molecule has 0 radical (unpaired) electrons. The van der Waals surface area contributed by atoms with E-state index in [1.165, 1.54) is 0 Å². The van der Waals surface area contributed by atoms with Gasteiger partial charge in [0.05, 0.1) is 29.4 Å². The highest BCUT2D eigenvalue weighted by Gasteiger charge is 2.19. The van der Waals surface area contributed by atoms with Crippen LogP contribution < -0.4 is 5.73 Å². The van der Waals surface area contributed by atoms with Crippen molar-refractivity contribution in [1.82, 2.24) is 9.78 Å². The number of Topliss-reactive ketones (excluding diaryl/α,β-unsaturated/α-hetero) is 1. The summed E-state index contributed by atoms with van der Waals surface area (Å²) in [5.41, 5.74) is 7.02. The van der Waals surface area contributed by atoms with Gasteiger partial charge in [0.15, 0.2) is 5.76 Å². The average molecular weight is 296 g/mol. The zero-order valence-electron chi connectivity index (χ0n) is 11.6. The van der Waals surface area contributed by atoms with Gasteiger partial charge in [0.2, 0.25) is 5.78 Å². The minimum atomic E-state index is -0.121. The van der Waals surface area contributed by atoms with Gasteiger partial charge in [-0.1, -0.05) is 18.5 Å². The number of aromatic nitrogens is 2. The highest BCUT2D eigenvalue weighted by atomic mass is 35.5. The second-order valence-electron chi connectivity index (χ2n) is 4.45. The number of carbonyl (C=O) groups is 1. The molecular formula is C14H18ClN3O2. The van der Waals surface area contributed by atoms with Crippen molar-refractivity contribution in [2.45, 2.75) is 39.8 Å². The molecule has 6 heteroatoms. The molecular weight excluding hydrogens is 278 g/mol. The van der Waals surface area contributed by atoms with Crippen molar-refractivity contribution >= 4 is 17.4 Å². The van der Waals surface area contributed by atoms with Crippen molar-refractivity contribution in [2.75, 3.05) is 0 Å². The number of nitrogens with zero attached hydrogens (tertiary/aromatic N) is 2. The van der Waals surface area contributed by atoms with Crippen molar-refractivity contribution < 1.29 is 9.21 Å². The average Bonchev–Trinajstić information content (AvgIpc) is 3.05. The Kier molecular flexibility index (Phi) is 4.62. The lowest BCUT2D eigenvalue weighted by Gasteiger charge is -2.03. The highest BCUT2D eigenvalue weighted by molar-refractivity contribution is 6.32. The van der Waals surface area contributed by atoms with E-state index in [0.717, 1.165) is 17.8 Å². The topological polar surface area (TPSA) is 74.0 Å². The zero-order valence-corrected chi connectivity index (χ0v) is 12.4. The van der Waals surface area contributed by atoms with E-state index >= 15 is 0 Å². The molecule has 2 N–H and O–H groups in total. The van der Waals surface area contributed by atoms with Crippen LogP contribution in [0, 0.1) is 0 Å². The van der Waals surface area contributed by atoms with Crippen molar-refractivity contribution in [3.63, 3.8) is 0 Å². The maximum Gasteiger partial charge on any atom is 0.203 e. The smallest absolute Gasteiger partial charge is 0.203 e. The van der Waals surface area contributed by atoms with Crippen LogP contribution in [-0.2, 0) is 25.9 Å². The first-order chi connectivity index (χ1) is 9.60. The summed E-state index contributed by atoms with van der Waals surface area (Å²) < 4.78 is 7.14. The van der Waals surface area contributed by atoms with Gasteiger partial charge in [-0.15, -0.1) is 0 Å². The third kappa shape index (κ3) is 2.78. The standard InChI is InChI=1S/C14H18ClN3O2/c1-3-10-14(15)11(18(4-2)17-10)7-12(19)13-6-5-9(8-16)20-13/h5-6H,3-4,7-8,16H2,1-2H3. The second kappa shape index (κ2) is 6.24. The number of carbonyl (C=O) groups excluding carboxylic acids is 1. The van der Waals surface area contributed by atoms with Crippen LogP contribution in [0.2, 0.25) is 5.02 Å². The summed E-state index contributed by atoms with van der Waals surface area (Å²) in [5.74, 6) is 0.782. The first kappa shape index (κ1) is 14.8. The van der Waals surface area contributed by atoms with E-state index in [0.29, 0.717) is 23.1 Å². The Bertz CT molecular complexity index is 616. The van der Waals surface area contributed by atoms with Gasteiger partial charge < -0.3 is 10.2 Å². The van der Waals surface area contributed by atoms with Gasteiger partial charge in [0.1, 0.15) is 5.76 Å². The quantitative estimate of drug-likeness (QED) is 0.831. The number of halogens is 1. The lowest BCUT2D eigenvalue weighted by molar-refractivity contribution is 0.0962. The molecule has 0 aliphatic carbocycles. The van der Waals surface area contributed by atoms with Crippen molar-refractivity contribution in [1.29, 1.82) is 0 Å². The van der Waals surface area contributed by atoms with Gasteiger partial charge in [-0.05, 0) is 25.5 Å². The summed E-state index contributed by atoms with van der Waals surface area (Å²) in [6.07, 6.45) is 0.919. The number of aryl methyl sites for hydroxylation is 2. The van der Waals surface area contributed by atoms with Crippen molar-refractivity contribution in [2.24, 2.45) is 5.73 Å². The minimum absolute atomic E-state index is 0.121. The molecule has 108 valence electrons. The summed E-state index contributed by atoms with van der Waals surface area (Å²) >= 11 is 6.29. The lowest BCUT2D eigenvalue weighted by atomic mass is 10.1. The number of furan rings is 1. The van der Waals surface area contributed by atoms with Crippen molar-refractivity contribution in [3.8, 4) is 0 Å². The largest absolute Gasteiger partial charge is 0.457 e. The molecule has 0 fully saturated rings. The van der Waals surface area contributed by atoms with E-state index in [-0.39, 0.29) is 18.7 Å². The van der Waals surface area contributed by atoms with Crippen LogP contribution in [0.4, 0.5) is 0 Å². The maximum atomic E-state index is 12.2. The minimum Gasteiger partial charge on any atom is -0.457 e. The van der Waals surface area contributed by atoms with Gasteiger partial charge in [-0.3, -0.25) is 9.48 Å². The Morgan fingerprint density at radius 2 is 2.20 bits per heavy atom. The molecule has 2 aromatic rings. The number of hydrogen-bond donors (Lipinski definition) is 1. The molecule has 2 heterocycles. The van der Waals surface area contributed by atoms with Gasteiger partial charge in [0.25, 0.3) is 0 Å². The summed E-state index contributed by atoms with van der Waals surface area (Å²) in [4.78, 5) is 12.2. The third-order valence-electron chi connectivity index (χ3n) is 3.16. The zero-order chi connectivity index (χ0) is 14.7. The molecule has 0 saturated carbocycles. The molecule has 0 aliphatic heterocycles. The molecule has 5 nitrogen and oxygen atoms in total. The van der Waals surface area contributed by atoms with E-state index in [2.05, 4.69) is 5.10 Å². The molecule has 0 amide bonds. The first-order valence-electron chi connectivity index (χ1n) is 6.66. The normalized spacial score (nSPS) is 11.0. The molecule has 0 aromatic carbocycles. The van der Waals surface area contributed by atoms with E-state index < -0.39 is 0 Å². The number of nitrogens with two attached hydrogens (primary N) is 1. The molecule has 0 unspecified atom stereocenters. The maximum absolute atomic E-state index is 12.2. The highest BCUT2D eigenvalue weighted by Crippen LogP contribution is 2.23. The Hall–Kier alpha value is -1.59. The molecule has 0 bridgehead atoms. The summed E-state index contributed by atoms with van der Waals surface area (Å²) in [6, 6.07) is 3.36. The molecule has 0 atom stereocenters. The second-order valence-corrected chi connectivity index (χ2v) is 4.82. The van der Waals surface area contributed by atoms with Crippen LogP contribution in [0.1, 0.15) is 41.6 Å². The molecule has 0 saturated heterocycles. The number of hydrogen-bond acceptors (Lipinski definition) is 4. The van der Waals surface area contributed by atoms with Crippen LogP contribution in [-0.4, -0.2) is 15.6 Å². The molecule has 0 aliphatic rings. The van der Waals surface area contributed by atoms with Crippen LogP contribution >= 0.6 is 11.6 Å². The summed E-state index contributed by atoms with van der Waals surface area (Å²) in [7, 11) is 0. The molecule has 0 spiro atoms. The van der Waals surface area contributed by atoms with E-state index in [1.54, 1.807) is 16.8 Å². The van der Waals surface area contributed by atoms with Crippen LogP contribution in [0.25, 0.3) is 0 Å². The SMILES string of the molecule is CCc1nn(CC)c(CC(=O)c2ccc(CN)o2)c1Cl. The predicted molar refractivity (Wildman–Crippen MR) is 76.9 cm³/mol. The summed E-state index contributed by atoms with van der Waals surface area (Å²) in [6.45, 7) is 4.91. The van der Waals surface area contributed by atoms with E-state index in [1.807, 2.05) is 13.8 Å². The van der Waals surface area contributed by atoms with Gasteiger partial charge in [0, 0.05) is 6.54 Å². The molecule has 2 aromatic heterocycles. The fourth-order valence-corrected chi connectivity index (χ4v) is 2.40. The lowest BCUT2D eigenvalue weighted by Crippen LogP contribution is -2.09. The van der Waals surface area contributed by atoms with Crippen LogP contribution in [0.3, 0.4) is 0 Å². The third-order valence-corrected chi connectivity index (χ3v) is 3.60. The van der Waals surface area contributed by atoms with Crippen molar-refractivity contribution in [3.05, 3.63) is 40.1 Å². The van der Waals surface area contributed by atoms with Gasteiger partial charge in [-0.2, -0.15) is 5.10 Å². The van der Waals surface area contributed by atoms with E-state index in [4.69, 9.17) is 21.8 Å².